The number of hydrogen-bond acceptors (Lipinski definition) is 4. The van der Waals surface area contributed by atoms with E-state index in [2.05, 4.69) is 0 Å². The van der Waals surface area contributed by atoms with Crippen molar-refractivity contribution in [1.29, 1.82) is 0 Å². The number of amides is 2. The summed E-state index contributed by atoms with van der Waals surface area (Å²) in [6, 6.07) is 6.79. The summed E-state index contributed by atoms with van der Waals surface area (Å²) in [6.45, 7) is 2.44. The summed E-state index contributed by atoms with van der Waals surface area (Å²) in [5.74, 6) is -1.27. The van der Waals surface area contributed by atoms with E-state index in [0.29, 0.717) is 13.2 Å². The number of carbonyl (C=O) groups excluding carboxylic acids is 2. The average molecular weight is 358 g/mol. The zero-order valence-electron chi connectivity index (χ0n) is 14.6. The number of benzene rings is 1. The highest BCUT2D eigenvalue weighted by atomic mass is 16.5. The number of aliphatic carboxylic acids is 1. The summed E-state index contributed by atoms with van der Waals surface area (Å²) in [5.41, 5.74) is 1.90. The molecule has 2 aliphatic heterocycles. The van der Waals surface area contributed by atoms with E-state index in [0.717, 1.165) is 11.1 Å². The minimum Gasteiger partial charge on any atom is -0.481 e. The second kappa shape index (κ2) is 7.70. The number of morpholine rings is 1. The molecule has 1 N–H and O–H groups in total. The SMILES string of the molecule is CC(=O)N1C=Cc2ccccc2C1CC(=O)N1CCOCC1CC(=O)O. The molecular weight excluding hydrogens is 336 g/mol. The van der Waals surface area contributed by atoms with Crippen LogP contribution in [-0.4, -0.2) is 58.5 Å². The van der Waals surface area contributed by atoms with E-state index in [4.69, 9.17) is 9.84 Å². The van der Waals surface area contributed by atoms with Crippen molar-refractivity contribution >= 4 is 23.9 Å². The van der Waals surface area contributed by atoms with Crippen LogP contribution in [0.3, 0.4) is 0 Å². The van der Waals surface area contributed by atoms with E-state index >= 15 is 0 Å². The van der Waals surface area contributed by atoms with Crippen LogP contribution in [0.2, 0.25) is 0 Å². The lowest BCUT2D eigenvalue weighted by Crippen LogP contribution is -2.50. The highest BCUT2D eigenvalue weighted by Crippen LogP contribution is 2.33. The molecule has 0 saturated carbocycles. The first-order valence-electron chi connectivity index (χ1n) is 8.62. The van der Waals surface area contributed by atoms with E-state index in [1.54, 1.807) is 16.0 Å². The fourth-order valence-corrected chi connectivity index (χ4v) is 3.55. The molecule has 0 bridgehead atoms. The molecule has 2 amide bonds. The molecule has 7 nitrogen and oxygen atoms in total. The maximum absolute atomic E-state index is 13.0. The lowest BCUT2D eigenvalue weighted by molar-refractivity contribution is -0.147. The summed E-state index contributed by atoms with van der Waals surface area (Å²) in [7, 11) is 0. The van der Waals surface area contributed by atoms with Gasteiger partial charge in [-0.05, 0) is 17.2 Å². The molecule has 1 fully saturated rings. The second-order valence-electron chi connectivity index (χ2n) is 6.50. The van der Waals surface area contributed by atoms with Crippen molar-refractivity contribution in [1.82, 2.24) is 9.80 Å². The molecule has 0 aromatic heterocycles. The predicted molar refractivity (Wildman–Crippen MR) is 93.9 cm³/mol. The van der Waals surface area contributed by atoms with E-state index < -0.39 is 18.1 Å². The fourth-order valence-electron chi connectivity index (χ4n) is 3.55. The minimum absolute atomic E-state index is 0.108. The number of carboxylic acid groups (broad SMARTS) is 1. The Labute approximate surface area is 151 Å². The molecule has 0 radical (unpaired) electrons. The molecule has 138 valence electrons. The summed E-state index contributed by atoms with van der Waals surface area (Å²) in [4.78, 5) is 39.2. The van der Waals surface area contributed by atoms with E-state index in [-0.39, 0.29) is 31.3 Å². The van der Waals surface area contributed by atoms with Gasteiger partial charge in [0.1, 0.15) is 0 Å². The van der Waals surface area contributed by atoms with Crippen LogP contribution in [0.4, 0.5) is 0 Å². The zero-order chi connectivity index (χ0) is 18.7. The van der Waals surface area contributed by atoms with Gasteiger partial charge in [0.2, 0.25) is 11.8 Å². The molecule has 1 saturated heterocycles. The van der Waals surface area contributed by atoms with Gasteiger partial charge in [-0.2, -0.15) is 0 Å². The van der Waals surface area contributed by atoms with Gasteiger partial charge in [-0.15, -0.1) is 0 Å². The Kier molecular flexibility index (Phi) is 5.37. The Morgan fingerprint density at radius 2 is 2.00 bits per heavy atom. The zero-order valence-corrected chi connectivity index (χ0v) is 14.6. The average Bonchev–Trinajstić information content (AvgIpc) is 2.61. The van der Waals surface area contributed by atoms with Crippen molar-refractivity contribution in [3.63, 3.8) is 0 Å². The quantitative estimate of drug-likeness (QED) is 0.884. The van der Waals surface area contributed by atoms with E-state index in [1.165, 1.54) is 6.92 Å². The Balaban J connectivity index is 1.82. The molecule has 3 rings (SSSR count). The lowest BCUT2D eigenvalue weighted by atomic mass is 9.93. The molecule has 2 unspecified atom stereocenters. The van der Waals surface area contributed by atoms with Crippen molar-refractivity contribution in [2.75, 3.05) is 19.8 Å². The van der Waals surface area contributed by atoms with E-state index in [1.807, 2.05) is 30.3 Å². The largest absolute Gasteiger partial charge is 0.481 e. The third-order valence-corrected chi connectivity index (χ3v) is 4.80. The summed E-state index contributed by atoms with van der Waals surface area (Å²) in [6.07, 6.45) is 3.52. The van der Waals surface area contributed by atoms with Crippen LogP contribution in [-0.2, 0) is 19.1 Å². The van der Waals surface area contributed by atoms with E-state index in [9.17, 15) is 14.4 Å². The van der Waals surface area contributed by atoms with Gasteiger partial charge in [-0.1, -0.05) is 24.3 Å². The number of fused-ring (bicyclic) bond motifs is 1. The summed E-state index contributed by atoms with van der Waals surface area (Å²) in [5, 5.41) is 9.08. The molecule has 2 heterocycles. The molecule has 0 aliphatic carbocycles. The van der Waals surface area contributed by atoms with Gasteiger partial charge in [0.25, 0.3) is 0 Å². The normalized spacial score (nSPS) is 22.0. The lowest BCUT2D eigenvalue weighted by Gasteiger charge is -2.38. The first kappa shape index (κ1) is 18.1. The number of ether oxygens (including phenoxy) is 1. The van der Waals surface area contributed by atoms with Crippen LogP contribution in [0.1, 0.15) is 36.9 Å². The van der Waals surface area contributed by atoms with Crippen molar-refractivity contribution in [3.05, 3.63) is 41.6 Å². The maximum Gasteiger partial charge on any atom is 0.305 e. The molecule has 1 aromatic rings. The van der Waals surface area contributed by atoms with Gasteiger partial charge >= 0.3 is 5.97 Å². The third kappa shape index (κ3) is 3.77. The molecule has 7 heteroatoms. The number of carboxylic acids is 1. The molecule has 2 aliphatic rings. The number of nitrogens with zero attached hydrogens (tertiary/aromatic N) is 2. The highest BCUT2D eigenvalue weighted by Gasteiger charge is 2.34. The van der Waals surface area contributed by atoms with Crippen molar-refractivity contribution in [2.45, 2.75) is 31.8 Å². The number of hydrogen-bond donors (Lipinski definition) is 1. The summed E-state index contributed by atoms with van der Waals surface area (Å²) < 4.78 is 5.34. The Bertz CT molecular complexity index is 745. The van der Waals surface area contributed by atoms with Crippen molar-refractivity contribution < 1.29 is 24.2 Å². The van der Waals surface area contributed by atoms with Gasteiger partial charge in [0.05, 0.1) is 38.1 Å². The first-order chi connectivity index (χ1) is 12.5. The van der Waals surface area contributed by atoms with Gasteiger partial charge < -0.3 is 19.6 Å². The Hall–Kier alpha value is -2.67. The molecule has 0 spiro atoms. The molecular formula is C19H22N2O5. The highest BCUT2D eigenvalue weighted by molar-refractivity contribution is 5.82. The van der Waals surface area contributed by atoms with Gasteiger partial charge in [-0.3, -0.25) is 14.4 Å². The van der Waals surface area contributed by atoms with Gasteiger partial charge in [0.15, 0.2) is 0 Å². The van der Waals surface area contributed by atoms with Crippen molar-refractivity contribution in [2.24, 2.45) is 0 Å². The first-order valence-corrected chi connectivity index (χ1v) is 8.62. The summed E-state index contributed by atoms with van der Waals surface area (Å²) >= 11 is 0. The van der Waals surface area contributed by atoms with Crippen LogP contribution in [0, 0.1) is 0 Å². The molecule has 26 heavy (non-hydrogen) atoms. The second-order valence-corrected chi connectivity index (χ2v) is 6.50. The molecule has 2 atom stereocenters. The van der Waals surface area contributed by atoms with Crippen LogP contribution < -0.4 is 0 Å². The Morgan fingerprint density at radius 3 is 2.73 bits per heavy atom. The van der Waals surface area contributed by atoms with Gasteiger partial charge in [0, 0.05) is 19.7 Å². The standard InChI is InChI=1S/C19H22N2O5/c1-13(22)20-7-6-14-4-2-3-5-16(14)17(20)11-18(23)21-8-9-26-12-15(21)10-19(24)25/h2-7,15,17H,8-12H2,1H3,(H,24,25). The topological polar surface area (TPSA) is 87.2 Å². The van der Waals surface area contributed by atoms with Crippen LogP contribution in [0.15, 0.2) is 30.5 Å². The monoisotopic (exact) mass is 358 g/mol. The third-order valence-electron chi connectivity index (χ3n) is 4.80. The van der Waals surface area contributed by atoms with Crippen LogP contribution in [0.5, 0.6) is 0 Å². The van der Waals surface area contributed by atoms with Crippen LogP contribution >= 0.6 is 0 Å². The Morgan fingerprint density at radius 1 is 1.23 bits per heavy atom. The van der Waals surface area contributed by atoms with Crippen molar-refractivity contribution in [3.8, 4) is 0 Å². The smallest absolute Gasteiger partial charge is 0.305 e. The van der Waals surface area contributed by atoms with Gasteiger partial charge in [-0.25, -0.2) is 0 Å². The predicted octanol–water partition coefficient (Wildman–Crippen LogP) is 1.65. The number of rotatable bonds is 4. The fraction of sp³-hybridized carbons (Fsp3) is 0.421. The number of carbonyl (C=O) groups is 3. The maximum atomic E-state index is 13.0. The van der Waals surface area contributed by atoms with Crippen LogP contribution in [0.25, 0.3) is 6.08 Å². The minimum atomic E-state index is -0.963. The molecule has 1 aromatic carbocycles.